The Labute approximate surface area is 98.9 Å². The molecule has 0 aliphatic rings. The van der Waals surface area contributed by atoms with Gasteiger partial charge in [0.25, 0.3) is 0 Å². The van der Waals surface area contributed by atoms with Crippen LogP contribution < -0.4 is 4.72 Å². The zero-order valence-corrected chi connectivity index (χ0v) is 11.3. The molecule has 0 aromatic carbocycles. The second-order valence-corrected chi connectivity index (χ2v) is 6.27. The predicted octanol–water partition coefficient (Wildman–Crippen LogP) is 2.97. The summed E-state index contributed by atoms with van der Waals surface area (Å²) in [6.07, 6.45) is 4.97. The van der Waals surface area contributed by atoms with E-state index in [0.29, 0.717) is 6.42 Å². The molecule has 0 heterocycles. The van der Waals surface area contributed by atoms with E-state index in [9.17, 15) is 12.8 Å². The van der Waals surface area contributed by atoms with E-state index < -0.39 is 15.5 Å². The van der Waals surface area contributed by atoms with Gasteiger partial charge in [0.05, 0.1) is 0 Å². The quantitative estimate of drug-likeness (QED) is 0.642. The first-order chi connectivity index (χ1) is 7.40. The van der Waals surface area contributed by atoms with Gasteiger partial charge in [-0.1, -0.05) is 32.6 Å². The van der Waals surface area contributed by atoms with Crippen LogP contribution in [0.2, 0.25) is 0 Å². The molecule has 0 fully saturated rings. The zero-order valence-electron chi connectivity index (χ0n) is 10.5. The summed E-state index contributed by atoms with van der Waals surface area (Å²) in [7, 11) is -3.77. The standard InChI is InChI=1S/C11H24FNO2S/c1-4-5-6-7-8-9-11(12)16(14,15)13-10(2)3/h10-11,13H,4-9H2,1-3H3. The van der Waals surface area contributed by atoms with Gasteiger partial charge in [-0.2, -0.15) is 0 Å². The van der Waals surface area contributed by atoms with E-state index in [1.165, 1.54) is 0 Å². The third-order valence-corrected chi connectivity index (χ3v) is 3.98. The van der Waals surface area contributed by atoms with E-state index in [-0.39, 0.29) is 12.5 Å². The van der Waals surface area contributed by atoms with E-state index in [1.54, 1.807) is 13.8 Å². The van der Waals surface area contributed by atoms with Crippen molar-refractivity contribution < 1.29 is 12.8 Å². The summed E-state index contributed by atoms with van der Waals surface area (Å²) in [6.45, 7) is 5.48. The van der Waals surface area contributed by atoms with Crippen molar-refractivity contribution in [2.75, 3.05) is 0 Å². The molecule has 1 atom stereocenters. The number of nitrogens with one attached hydrogen (secondary N) is 1. The summed E-state index contributed by atoms with van der Waals surface area (Å²) in [5, 5.41) is 0. The van der Waals surface area contributed by atoms with E-state index in [1.807, 2.05) is 0 Å². The number of unbranched alkanes of at least 4 members (excludes halogenated alkanes) is 4. The third-order valence-electron chi connectivity index (χ3n) is 2.27. The van der Waals surface area contributed by atoms with Crippen LogP contribution in [0.1, 0.15) is 59.3 Å². The van der Waals surface area contributed by atoms with Crippen LogP contribution in [0.5, 0.6) is 0 Å². The van der Waals surface area contributed by atoms with Gasteiger partial charge in [0.15, 0.2) is 0 Å². The molecule has 1 unspecified atom stereocenters. The van der Waals surface area contributed by atoms with E-state index in [4.69, 9.17) is 0 Å². The first-order valence-corrected chi connectivity index (χ1v) is 7.60. The molecule has 5 heteroatoms. The fourth-order valence-corrected chi connectivity index (χ4v) is 2.75. The van der Waals surface area contributed by atoms with Crippen molar-refractivity contribution in [2.45, 2.75) is 70.8 Å². The minimum Gasteiger partial charge on any atom is -0.229 e. The van der Waals surface area contributed by atoms with Crippen LogP contribution in [-0.4, -0.2) is 20.0 Å². The molecule has 0 amide bonds. The third kappa shape index (κ3) is 7.17. The Kier molecular flexibility index (Phi) is 7.93. The molecule has 0 aromatic rings. The highest BCUT2D eigenvalue weighted by Crippen LogP contribution is 2.13. The van der Waals surface area contributed by atoms with Gasteiger partial charge < -0.3 is 0 Å². The monoisotopic (exact) mass is 253 g/mol. The summed E-state index contributed by atoms with van der Waals surface area (Å²) < 4.78 is 38.4. The molecule has 98 valence electrons. The lowest BCUT2D eigenvalue weighted by Gasteiger charge is -2.13. The number of hydrogen-bond acceptors (Lipinski definition) is 2. The van der Waals surface area contributed by atoms with Gasteiger partial charge in [-0.15, -0.1) is 0 Å². The van der Waals surface area contributed by atoms with Crippen molar-refractivity contribution >= 4 is 10.0 Å². The highest BCUT2D eigenvalue weighted by atomic mass is 32.2. The summed E-state index contributed by atoms with van der Waals surface area (Å²) in [4.78, 5) is 0. The van der Waals surface area contributed by atoms with Gasteiger partial charge in [-0.25, -0.2) is 17.5 Å². The molecule has 0 aliphatic carbocycles. The van der Waals surface area contributed by atoms with Crippen LogP contribution in [0.4, 0.5) is 4.39 Å². The average Bonchev–Trinajstić information content (AvgIpc) is 2.15. The fraction of sp³-hybridized carbons (Fsp3) is 1.00. The van der Waals surface area contributed by atoms with Gasteiger partial charge >= 0.3 is 0 Å². The van der Waals surface area contributed by atoms with Crippen molar-refractivity contribution in [3.05, 3.63) is 0 Å². The van der Waals surface area contributed by atoms with E-state index >= 15 is 0 Å². The minimum absolute atomic E-state index is 0.103. The van der Waals surface area contributed by atoms with Crippen molar-refractivity contribution in [3.8, 4) is 0 Å². The number of alkyl halides is 1. The Balaban J connectivity index is 3.83. The Morgan fingerprint density at radius 2 is 1.69 bits per heavy atom. The van der Waals surface area contributed by atoms with Crippen LogP contribution in [0, 0.1) is 0 Å². The first kappa shape index (κ1) is 15.8. The van der Waals surface area contributed by atoms with Crippen LogP contribution >= 0.6 is 0 Å². The van der Waals surface area contributed by atoms with Gasteiger partial charge in [0.2, 0.25) is 15.5 Å². The molecule has 1 N–H and O–H groups in total. The number of hydrogen-bond donors (Lipinski definition) is 1. The van der Waals surface area contributed by atoms with Crippen molar-refractivity contribution in [2.24, 2.45) is 0 Å². The lowest BCUT2D eigenvalue weighted by Crippen LogP contribution is -2.36. The van der Waals surface area contributed by atoms with Crippen molar-refractivity contribution in [3.63, 3.8) is 0 Å². The van der Waals surface area contributed by atoms with Crippen LogP contribution in [0.25, 0.3) is 0 Å². The molecule has 0 saturated carbocycles. The number of halogens is 1. The largest absolute Gasteiger partial charge is 0.244 e. The van der Waals surface area contributed by atoms with Crippen LogP contribution in [0.15, 0.2) is 0 Å². The van der Waals surface area contributed by atoms with Gasteiger partial charge in [-0.3, -0.25) is 0 Å². The maximum Gasteiger partial charge on any atom is 0.244 e. The Morgan fingerprint density at radius 1 is 1.12 bits per heavy atom. The highest BCUT2D eigenvalue weighted by Gasteiger charge is 2.24. The smallest absolute Gasteiger partial charge is 0.229 e. The lowest BCUT2D eigenvalue weighted by atomic mass is 10.1. The Morgan fingerprint density at radius 3 is 2.19 bits per heavy atom. The Hall–Kier alpha value is -0.160. The molecule has 0 aromatic heterocycles. The Bertz CT molecular complexity index is 265. The minimum atomic E-state index is -3.77. The number of rotatable bonds is 9. The van der Waals surface area contributed by atoms with Crippen LogP contribution in [-0.2, 0) is 10.0 Å². The van der Waals surface area contributed by atoms with E-state index in [0.717, 1.165) is 25.7 Å². The predicted molar refractivity (Wildman–Crippen MR) is 65.5 cm³/mol. The van der Waals surface area contributed by atoms with Gasteiger partial charge in [0.1, 0.15) is 0 Å². The summed E-state index contributed by atoms with van der Waals surface area (Å²) in [5.74, 6) is 0. The maximum atomic E-state index is 13.4. The second-order valence-electron chi connectivity index (χ2n) is 4.43. The lowest BCUT2D eigenvalue weighted by molar-refractivity contribution is 0.379. The maximum absolute atomic E-state index is 13.4. The average molecular weight is 253 g/mol. The van der Waals surface area contributed by atoms with Crippen molar-refractivity contribution in [1.29, 1.82) is 0 Å². The van der Waals surface area contributed by atoms with Crippen LogP contribution in [0.3, 0.4) is 0 Å². The molecular weight excluding hydrogens is 229 g/mol. The molecule has 0 saturated heterocycles. The molecule has 0 aliphatic heterocycles. The summed E-state index contributed by atoms with van der Waals surface area (Å²) >= 11 is 0. The summed E-state index contributed by atoms with van der Waals surface area (Å²) in [6, 6.07) is -0.247. The molecular formula is C11H24FNO2S. The normalized spacial score (nSPS) is 14.3. The molecule has 3 nitrogen and oxygen atoms in total. The molecule has 0 spiro atoms. The van der Waals surface area contributed by atoms with Crippen molar-refractivity contribution in [1.82, 2.24) is 4.72 Å². The summed E-state index contributed by atoms with van der Waals surface area (Å²) in [5.41, 5.74) is -1.77. The van der Waals surface area contributed by atoms with E-state index in [2.05, 4.69) is 11.6 Å². The fourth-order valence-electron chi connectivity index (χ4n) is 1.47. The highest BCUT2D eigenvalue weighted by molar-refractivity contribution is 7.89. The van der Waals surface area contributed by atoms with Gasteiger partial charge in [0, 0.05) is 6.04 Å². The SMILES string of the molecule is CCCCCCCC(F)S(=O)(=O)NC(C)C. The second kappa shape index (κ2) is 8.01. The molecule has 16 heavy (non-hydrogen) atoms. The van der Waals surface area contributed by atoms with Gasteiger partial charge in [-0.05, 0) is 26.7 Å². The molecule has 0 bridgehead atoms. The topological polar surface area (TPSA) is 46.2 Å². The first-order valence-electron chi connectivity index (χ1n) is 6.05. The molecule has 0 radical (unpaired) electrons. The number of sulfonamides is 1. The zero-order chi connectivity index (χ0) is 12.6. The molecule has 0 rings (SSSR count).